The van der Waals surface area contributed by atoms with Crippen LogP contribution in [-0.2, 0) is 0 Å². The van der Waals surface area contributed by atoms with E-state index in [1.54, 1.807) is 0 Å². The molecular weight excluding hydrogens is 280 g/mol. The first-order chi connectivity index (χ1) is 11.3. The number of hydrogen-bond donors (Lipinski definition) is 0. The van der Waals surface area contributed by atoms with Crippen LogP contribution in [0.5, 0.6) is 0 Å². The Labute approximate surface area is 146 Å². The van der Waals surface area contributed by atoms with Gasteiger partial charge in [-0.25, -0.2) is 0 Å². The lowest BCUT2D eigenvalue weighted by atomic mass is 10.1. The molecule has 0 aromatic heterocycles. The lowest BCUT2D eigenvalue weighted by Gasteiger charge is -2.32. The van der Waals surface area contributed by atoms with Crippen LogP contribution in [0.3, 0.4) is 0 Å². The summed E-state index contributed by atoms with van der Waals surface area (Å²) < 4.78 is 0. The van der Waals surface area contributed by atoms with Crippen LogP contribution in [0, 0.1) is 0 Å². The Hall–Kier alpha value is -0.660. The van der Waals surface area contributed by atoms with E-state index >= 15 is 0 Å². The van der Waals surface area contributed by atoms with E-state index in [1.807, 2.05) is 0 Å². The normalized spacial score (nSPS) is 17.4. The molecule has 1 rings (SSSR count). The average molecular weight is 323 g/mol. The summed E-state index contributed by atoms with van der Waals surface area (Å²) in [5.41, 5.74) is 0. The summed E-state index contributed by atoms with van der Waals surface area (Å²) in [5, 5.41) is 0. The molecule has 0 spiro atoms. The molecule has 2 heteroatoms. The molecule has 0 saturated carbocycles. The van der Waals surface area contributed by atoms with Crippen LogP contribution in [0.2, 0.25) is 0 Å². The van der Waals surface area contributed by atoms with Crippen molar-refractivity contribution < 1.29 is 0 Å². The molecule has 0 amide bonds. The predicted octanol–water partition coefficient (Wildman–Crippen LogP) is 6.53. The summed E-state index contributed by atoms with van der Waals surface area (Å²) in [6, 6.07) is 0. The number of unbranched alkanes of at least 4 members (excludes halogenated alkanes) is 9. The maximum atomic E-state index is 2.59. The summed E-state index contributed by atoms with van der Waals surface area (Å²) in [4.78, 5) is 5.13. The van der Waals surface area contributed by atoms with Crippen molar-refractivity contribution in [1.82, 2.24) is 9.80 Å². The first-order valence-corrected chi connectivity index (χ1v) is 10.5. The maximum Gasteiger partial charge on any atom is 0.101 e. The Morgan fingerprint density at radius 1 is 0.565 bits per heavy atom. The molecule has 0 aromatic rings. The van der Waals surface area contributed by atoms with Gasteiger partial charge in [-0.2, -0.15) is 0 Å². The Morgan fingerprint density at radius 3 is 1.61 bits per heavy atom. The summed E-state index contributed by atoms with van der Waals surface area (Å²) in [5.74, 6) is 0. The first-order valence-electron chi connectivity index (χ1n) is 10.5. The number of rotatable bonds is 15. The van der Waals surface area contributed by atoms with Gasteiger partial charge in [-0.15, -0.1) is 0 Å². The fourth-order valence-corrected chi connectivity index (χ4v) is 3.64. The Morgan fingerprint density at radius 2 is 1.09 bits per heavy atom. The first kappa shape index (κ1) is 20.4. The molecular formula is C21H42N2. The molecule has 0 N–H and O–H groups in total. The van der Waals surface area contributed by atoms with Gasteiger partial charge in [0.05, 0.1) is 0 Å². The van der Waals surface area contributed by atoms with E-state index in [1.165, 1.54) is 96.6 Å². The third-order valence-corrected chi connectivity index (χ3v) is 5.01. The van der Waals surface area contributed by atoms with Gasteiger partial charge in [-0.3, -0.25) is 0 Å². The van der Waals surface area contributed by atoms with Crippen LogP contribution in [0.4, 0.5) is 0 Å². The standard InChI is InChI=1S/C21H42N2/c1-4-7-8-9-10-11-12-13-14-15-18-23-20-19-22(17-6-3)21(23)16-5-2/h19-21H,4-18H2,1-3H3. The van der Waals surface area contributed by atoms with Crippen molar-refractivity contribution in [2.75, 3.05) is 13.1 Å². The smallest absolute Gasteiger partial charge is 0.101 e. The van der Waals surface area contributed by atoms with E-state index in [2.05, 4.69) is 43.0 Å². The van der Waals surface area contributed by atoms with E-state index in [0.29, 0.717) is 6.17 Å². The Bertz CT molecular complexity index is 288. The lowest BCUT2D eigenvalue weighted by Crippen LogP contribution is -2.39. The van der Waals surface area contributed by atoms with Crippen LogP contribution < -0.4 is 0 Å². The van der Waals surface area contributed by atoms with E-state index < -0.39 is 0 Å². The zero-order valence-electron chi connectivity index (χ0n) is 16.2. The van der Waals surface area contributed by atoms with Crippen LogP contribution in [0.25, 0.3) is 0 Å². The van der Waals surface area contributed by atoms with E-state index in [4.69, 9.17) is 0 Å². The highest BCUT2D eigenvalue weighted by Crippen LogP contribution is 2.21. The van der Waals surface area contributed by atoms with E-state index in [0.717, 1.165) is 0 Å². The van der Waals surface area contributed by atoms with Crippen molar-refractivity contribution >= 4 is 0 Å². The highest BCUT2D eigenvalue weighted by Gasteiger charge is 2.23. The summed E-state index contributed by atoms with van der Waals surface area (Å²) in [6.07, 6.45) is 23.4. The minimum absolute atomic E-state index is 0.638. The van der Waals surface area contributed by atoms with Crippen LogP contribution >= 0.6 is 0 Å². The zero-order valence-corrected chi connectivity index (χ0v) is 16.2. The molecule has 23 heavy (non-hydrogen) atoms. The molecule has 0 aromatic carbocycles. The topological polar surface area (TPSA) is 6.48 Å². The van der Waals surface area contributed by atoms with Crippen LogP contribution in [-0.4, -0.2) is 29.1 Å². The Balaban J connectivity index is 2.03. The molecule has 1 atom stereocenters. The van der Waals surface area contributed by atoms with Gasteiger partial charge in [0.1, 0.15) is 6.17 Å². The molecule has 136 valence electrons. The minimum atomic E-state index is 0.638. The second kappa shape index (κ2) is 13.7. The molecule has 0 aliphatic carbocycles. The maximum absolute atomic E-state index is 2.59. The second-order valence-corrected chi connectivity index (χ2v) is 7.23. The molecule has 1 aliphatic rings. The molecule has 2 nitrogen and oxygen atoms in total. The fraction of sp³-hybridized carbons (Fsp3) is 0.905. The summed E-state index contributed by atoms with van der Waals surface area (Å²) in [6.45, 7) is 9.33. The van der Waals surface area contributed by atoms with E-state index in [-0.39, 0.29) is 0 Å². The van der Waals surface area contributed by atoms with Crippen molar-refractivity contribution in [3.8, 4) is 0 Å². The fourth-order valence-electron chi connectivity index (χ4n) is 3.64. The highest BCUT2D eigenvalue weighted by atomic mass is 15.4. The number of nitrogens with zero attached hydrogens (tertiary/aromatic N) is 2. The molecule has 0 radical (unpaired) electrons. The highest BCUT2D eigenvalue weighted by molar-refractivity contribution is 4.96. The average Bonchev–Trinajstić information content (AvgIpc) is 2.92. The van der Waals surface area contributed by atoms with E-state index in [9.17, 15) is 0 Å². The van der Waals surface area contributed by atoms with Crippen LogP contribution in [0.15, 0.2) is 12.4 Å². The van der Waals surface area contributed by atoms with Gasteiger partial charge in [0, 0.05) is 25.5 Å². The molecule has 1 unspecified atom stereocenters. The van der Waals surface area contributed by atoms with Gasteiger partial charge in [0.15, 0.2) is 0 Å². The molecule has 0 bridgehead atoms. The number of hydrogen-bond acceptors (Lipinski definition) is 2. The Kier molecular flexibility index (Phi) is 12.2. The van der Waals surface area contributed by atoms with Gasteiger partial charge in [0.2, 0.25) is 0 Å². The summed E-state index contributed by atoms with van der Waals surface area (Å²) in [7, 11) is 0. The van der Waals surface area contributed by atoms with Gasteiger partial charge in [0.25, 0.3) is 0 Å². The quantitative estimate of drug-likeness (QED) is 0.316. The van der Waals surface area contributed by atoms with Crippen molar-refractivity contribution in [1.29, 1.82) is 0 Å². The largest absolute Gasteiger partial charge is 0.356 e. The lowest BCUT2D eigenvalue weighted by molar-refractivity contribution is 0.140. The van der Waals surface area contributed by atoms with Crippen molar-refractivity contribution in [2.24, 2.45) is 0 Å². The van der Waals surface area contributed by atoms with Gasteiger partial charge in [-0.05, 0) is 19.3 Å². The third kappa shape index (κ3) is 8.67. The van der Waals surface area contributed by atoms with Gasteiger partial charge in [-0.1, -0.05) is 85.0 Å². The zero-order chi connectivity index (χ0) is 16.8. The van der Waals surface area contributed by atoms with Gasteiger partial charge >= 0.3 is 0 Å². The van der Waals surface area contributed by atoms with Gasteiger partial charge < -0.3 is 9.80 Å². The van der Waals surface area contributed by atoms with Crippen LogP contribution in [0.1, 0.15) is 104 Å². The van der Waals surface area contributed by atoms with Crippen molar-refractivity contribution in [3.05, 3.63) is 12.4 Å². The third-order valence-electron chi connectivity index (χ3n) is 5.01. The molecule has 0 fully saturated rings. The monoisotopic (exact) mass is 322 g/mol. The SMILES string of the molecule is CCCCCCCCCCCCN1C=CN(CCC)C1CCC. The van der Waals surface area contributed by atoms with Crippen molar-refractivity contribution in [2.45, 2.75) is 110 Å². The summed E-state index contributed by atoms with van der Waals surface area (Å²) >= 11 is 0. The molecule has 1 heterocycles. The second-order valence-electron chi connectivity index (χ2n) is 7.23. The molecule has 1 aliphatic heterocycles. The molecule has 0 saturated heterocycles. The minimum Gasteiger partial charge on any atom is -0.356 e. The predicted molar refractivity (Wildman–Crippen MR) is 103 cm³/mol. The van der Waals surface area contributed by atoms with Crippen molar-refractivity contribution in [3.63, 3.8) is 0 Å².